The predicted octanol–water partition coefficient (Wildman–Crippen LogP) is 1.84. The summed E-state index contributed by atoms with van der Waals surface area (Å²) in [6.07, 6.45) is 8.68. The maximum atomic E-state index is 8.38. The summed E-state index contributed by atoms with van der Waals surface area (Å²) in [6.45, 7) is 0.0719. The zero-order valence-electron chi connectivity index (χ0n) is 6.10. The van der Waals surface area contributed by atoms with Crippen molar-refractivity contribution in [2.45, 2.75) is 0 Å². The van der Waals surface area contributed by atoms with Crippen molar-refractivity contribution in [2.24, 2.45) is 0 Å². The minimum Gasteiger partial charge on any atom is -0.465 e. The second kappa shape index (κ2) is 4.52. The first-order chi connectivity index (χ1) is 5.43. The van der Waals surface area contributed by atoms with Crippen molar-refractivity contribution in [3.63, 3.8) is 0 Å². The molecule has 0 aliphatic carbocycles. The van der Waals surface area contributed by atoms with Gasteiger partial charge >= 0.3 is 0 Å². The van der Waals surface area contributed by atoms with Gasteiger partial charge in [0.05, 0.1) is 12.9 Å². The van der Waals surface area contributed by atoms with E-state index in [1.54, 1.807) is 18.4 Å². The van der Waals surface area contributed by atoms with Crippen LogP contribution in [-0.4, -0.2) is 11.7 Å². The van der Waals surface area contributed by atoms with Gasteiger partial charge in [-0.1, -0.05) is 18.2 Å². The second-order valence-corrected chi connectivity index (χ2v) is 1.99. The minimum atomic E-state index is 0.0719. The average molecular weight is 150 g/mol. The largest absolute Gasteiger partial charge is 0.465 e. The van der Waals surface area contributed by atoms with Gasteiger partial charge in [-0.3, -0.25) is 0 Å². The Bertz CT molecular complexity index is 232. The molecule has 0 atom stereocenters. The summed E-state index contributed by atoms with van der Waals surface area (Å²) >= 11 is 0. The number of furan rings is 1. The molecule has 0 spiro atoms. The smallest absolute Gasteiger partial charge is 0.126 e. The van der Waals surface area contributed by atoms with Gasteiger partial charge in [-0.05, 0) is 18.2 Å². The topological polar surface area (TPSA) is 33.4 Å². The molecule has 0 bridgehead atoms. The van der Waals surface area contributed by atoms with Crippen molar-refractivity contribution in [3.8, 4) is 0 Å². The third kappa shape index (κ3) is 2.87. The lowest BCUT2D eigenvalue weighted by atomic mass is 10.4. The van der Waals surface area contributed by atoms with Crippen molar-refractivity contribution in [3.05, 3.63) is 42.4 Å². The molecule has 1 aromatic heterocycles. The van der Waals surface area contributed by atoms with Crippen LogP contribution in [0.25, 0.3) is 6.08 Å². The zero-order chi connectivity index (χ0) is 7.94. The highest BCUT2D eigenvalue weighted by molar-refractivity contribution is 5.44. The lowest BCUT2D eigenvalue weighted by Crippen LogP contribution is -1.67. The molecule has 2 nitrogen and oxygen atoms in total. The summed E-state index contributed by atoms with van der Waals surface area (Å²) in [4.78, 5) is 0. The summed E-state index contributed by atoms with van der Waals surface area (Å²) in [5, 5.41) is 8.38. The molecular formula is C9H10O2. The molecule has 58 valence electrons. The number of aliphatic hydroxyl groups is 1. The van der Waals surface area contributed by atoms with E-state index in [2.05, 4.69) is 0 Å². The Kier molecular flexibility index (Phi) is 3.22. The number of aliphatic hydroxyl groups excluding tert-OH is 1. The molecule has 0 unspecified atom stereocenters. The Morgan fingerprint density at radius 2 is 2.36 bits per heavy atom. The monoisotopic (exact) mass is 150 g/mol. The Hall–Kier alpha value is -1.28. The van der Waals surface area contributed by atoms with Crippen LogP contribution in [0.1, 0.15) is 5.76 Å². The van der Waals surface area contributed by atoms with E-state index in [1.165, 1.54) is 0 Å². The lowest BCUT2D eigenvalue weighted by Gasteiger charge is -1.79. The summed E-state index contributed by atoms with van der Waals surface area (Å²) in [6, 6.07) is 3.69. The molecular weight excluding hydrogens is 140 g/mol. The van der Waals surface area contributed by atoms with Crippen LogP contribution < -0.4 is 0 Å². The first-order valence-corrected chi connectivity index (χ1v) is 3.41. The van der Waals surface area contributed by atoms with Gasteiger partial charge in [-0.25, -0.2) is 0 Å². The standard InChI is InChI=1S/C9H10O2/c10-7-3-1-2-5-9-6-4-8-11-9/h1-6,8,10H,7H2/b3-1+,5-2+. The van der Waals surface area contributed by atoms with E-state index in [0.717, 1.165) is 5.76 Å². The molecule has 0 saturated heterocycles. The molecule has 1 N–H and O–H groups in total. The molecule has 0 fully saturated rings. The van der Waals surface area contributed by atoms with Gasteiger partial charge in [0.1, 0.15) is 5.76 Å². The van der Waals surface area contributed by atoms with Crippen LogP contribution in [0.15, 0.2) is 41.0 Å². The fraction of sp³-hybridized carbons (Fsp3) is 0.111. The third-order valence-corrected chi connectivity index (χ3v) is 1.16. The van der Waals surface area contributed by atoms with E-state index < -0.39 is 0 Å². The Labute approximate surface area is 65.5 Å². The fourth-order valence-electron chi connectivity index (χ4n) is 0.676. The van der Waals surface area contributed by atoms with Gasteiger partial charge in [0.2, 0.25) is 0 Å². The zero-order valence-corrected chi connectivity index (χ0v) is 6.10. The van der Waals surface area contributed by atoms with Gasteiger partial charge in [0.15, 0.2) is 0 Å². The van der Waals surface area contributed by atoms with E-state index in [-0.39, 0.29) is 6.61 Å². The van der Waals surface area contributed by atoms with E-state index in [4.69, 9.17) is 9.52 Å². The van der Waals surface area contributed by atoms with Crippen molar-refractivity contribution >= 4 is 6.08 Å². The van der Waals surface area contributed by atoms with Crippen LogP contribution in [-0.2, 0) is 0 Å². The van der Waals surface area contributed by atoms with Gasteiger partial charge in [-0.15, -0.1) is 0 Å². The van der Waals surface area contributed by atoms with Crippen LogP contribution in [0.5, 0.6) is 0 Å². The van der Waals surface area contributed by atoms with Gasteiger partial charge in [0, 0.05) is 0 Å². The third-order valence-electron chi connectivity index (χ3n) is 1.16. The molecule has 1 aromatic rings. The van der Waals surface area contributed by atoms with Crippen molar-refractivity contribution in [1.29, 1.82) is 0 Å². The first kappa shape index (κ1) is 7.82. The van der Waals surface area contributed by atoms with Crippen LogP contribution >= 0.6 is 0 Å². The first-order valence-electron chi connectivity index (χ1n) is 3.41. The molecule has 2 heteroatoms. The summed E-state index contributed by atoms with van der Waals surface area (Å²) in [5.74, 6) is 0.813. The number of hydrogen-bond donors (Lipinski definition) is 1. The van der Waals surface area contributed by atoms with E-state index >= 15 is 0 Å². The Balaban J connectivity index is 2.43. The normalized spacial score (nSPS) is 11.7. The maximum absolute atomic E-state index is 8.38. The van der Waals surface area contributed by atoms with E-state index in [9.17, 15) is 0 Å². The summed E-state index contributed by atoms with van der Waals surface area (Å²) in [5.41, 5.74) is 0. The number of hydrogen-bond acceptors (Lipinski definition) is 2. The van der Waals surface area contributed by atoms with Crippen LogP contribution in [0.2, 0.25) is 0 Å². The maximum Gasteiger partial charge on any atom is 0.126 e. The average Bonchev–Trinajstić information content (AvgIpc) is 2.50. The highest BCUT2D eigenvalue weighted by Gasteiger charge is 1.83. The molecule has 0 amide bonds. The molecule has 11 heavy (non-hydrogen) atoms. The molecule has 0 radical (unpaired) electrons. The van der Waals surface area contributed by atoms with Gasteiger partial charge < -0.3 is 9.52 Å². The van der Waals surface area contributed by atoms with E-state index in [1.807, 2.05) is 24.3 Å². The van der Waals surface area contributed by atoms with Crippen molar-refractivity contribution < 1.29 is 9.52 Å². The molecule has 1 rings (SSSR count). The second-order valence-electron chi connectivity index (χ2n) is 1.99. The summed E-state index contributed by atoms with van der Waals surface area (Å²) in [7, 11) is 0. The number of rotatable bonds is 3. The van der Waals surface area contributed by atoms with Crippen molar-refractivity contribution in [2.75, 3.05) is 6.61 Å². The predicted molar refractivity (Wildman–Crippen MR) is 44.0 cm³/mol. The Morgan fingerprint density at radius 3 is 3.00 bits per heavy atom. The Morgan fingerprint density at radius 1 is 1.45 bits per heavy atom. The minimum absolute atomic E-state index is 0.0719. The summed E-state index contributed by atoms with van der Waals surface area (Å²) < 4.78 is 5.03. The van der Waals surface area contributed by atoms with Crippen LogP contribution in [0.3, 0.4) is 0 Å². The van der Waals surface area contributed by atoms with Gasteiger partial charge in [-0.2, -0.15) is 0 Å². The van der Waals surface area contributed by atoms with Crippen LogP contribution in [0, 0.1) is 0 Å². The molecule has 0 aromatic carbocycles. The number of allylic oxidation sites excluding steroid dienone is 2. The highest BCUT2D eigenvalue weighted by atomic mass is 16.3. The van der Waals surface area contributed by atoms with Crippen LogP contribution in [0.4, 0.5) is 0 Å². The molecule has 0 aliphatic rings. The molecule has 0 saturated carbocycles. The molecule has 1 heterocycles. The molecule has 0 aliphatic heterocycles. The van der Waals surface area contributed by atoms with E-state index in [0.29, 0.717) is 0 Å². The lowest BCUT2D eigenvalue weighted by molar-refractivity contribution is 0.343. The quantitative estimate of drug-likeness (QED) is 0.667. The SMILES string of the molecule is OC/C=C/C=C/c1ccco1. The highest BCUT2D eigenvalue weighted by Crippen LogP contribution is 2.01. The fourth-order valence-corrected chi connectivity index (χ4v) is 0.676. The van der Waals surface area contributed by atoms with Crippen molar-refractivity contribution in [1.82, 2.24) is 0 Å². The van der Waals surface area contributed by atoms with Gasteiger partial charge in [0.25, 0.3) is 0 Å².